The van der Waals surface area contributed by atoms with Gasteiger partial charge in [-0.3, -0.25) is 10.6 Å². The van der Waals surface area contributed by atoms with Crippen LogP contribution in [0.1, 0.15) is 81.6 Å². The van der Waals surface area contributed by atoms with Crippen LogP contribution in [0.4, 0.5) is 0 Å². The van der Waals surface area contributed by atoms with E-state index < -0.39 is 0 Å². The zero-order valence-corrected chi connectivity index (χ0v) is 14.2. The molecule has 0 amide bonds. The van der Waals surface area contributed by atoms with E-state index >= 15 is 0 Å². The number of hydrogen-bond donors (Lipinski definition) is 2. The van der Waals surface area contributed by atoms with Crippen LogP contribution in [0.2, 0.25) is 0 Å². The van der Waals surface area contributed by atoms with Crippen molar-refractivity contribution in [3.05, 3.63) is 0 Å². The van der Waals surface area contributed by atoms with Crippen LogP contribution in [0.3, 0.4) is 0 Å². The maximum Gasteiger partial charge on any atom is 0.0632 e. The van der Waals surface area contributed by atoms with Crippen molar-refractivity contribution in [2.45, 2.75) is 98.8 Å². The molecule has 0 aromatic rings. The lowest BCUT2D eigenvalue weighted by atomic mass is 9.83. The molecule has 0 fully saturated rings. The number of rotatable bonds is 8. The van der Waals surface area contributed by atoms with Gasteiger partial charge >= 0.3 is 0 Å². The largest absolute Gasteiger partial charge is 0.296 e. The van der Waals surface area contributed by atoms with Crippen molar-refractivity contribution in [3.8, 4) is 0 Å². The molecule has 0 spiro atoms. The quantitative estimate of drug-likeness (QED) is 0.633. The first kappa shape index (κ1) is 17.9. The summed E-state index contributed by atoms with van der Waals surface area (Å²) in [5.74, 6) is 0. The molecule has 2 nitrogen and oxygen atoms in total. The third-order valence-corrected chi connectivity index (χ3v) is 4.53. The van der Waals surface area contributed by atoms with Crippen molar-refractivity contribution < 1.29 is 0 Å². The van der Waals surface area contributed by atoms with Crippen LogP contribution in [0.5, 0.6) is 0 Å². The minimum Gasteiger partial charge on any atom is -0.296 e. The van der Waals surface area contributed by atoms with Gasteiger partial charge < -0.3 is 0 Å². The summed E-state index contributed by atoms with van der Waals surface area (Å²) >= 11 is 0. The van der Waals surface area contributed by atoms with Gasteiger partial charge in [-0.15, -0.1) is 0 Å². The Labute approximate surface area is 115 Å². The van der Waals surface area contributed by atoms with Crippen LogP contribution in [0.25, 0.3) is 0 Å². The third-order valence-electron chi connectivity index (χ3n) is 4.53. The molecule has 0 aliphatic rings. The average Bonchev–Trinajstić information content (AvgIpc) is 2.27. The normalized spacial score (nSPS) is 14.3. The molecule has 18 heavy (non-hydrogen) atoms. The first-order valence-corrected chi connectivity index (χ1v) is 7.55. The molecule has 0 rings (SSSR count). The molecular weight excluding hydrogens is 220 g/mol. The van der Waals surface area contributed by atoms with Crippen molar-refractivity contribution in [2.75, 3.05) is 0 Å². The number of hydrogen-bond acceptors (Lipinski definition) is 2. The highest BCUT2D eigenvalue weighted by Gasteiger charge is 2.34. The summed E-state index contributed by atoms with van der Waals surface area (Å²) in [6.07, 6.45) is 3.78. The maximum absolute atomic E-state index is 3.81. The summed E-state index contributed by atoms with van der Waals surface area (Å²) in [7, 11) is 0. The SMILES string of the molecule is CCC(C)(C)NC(NC(C)(C)CC)C(C)(C)CC. The van der Waals surface area contributed by atoms with E-state index in [4.69, 9.17) is 0 Å². The van der Waals surface area contributed by atoms with Gasteiger partial charge in [-0.2, -0.15) is 0 Å². The Morgan fingerprint density at radius 1 is 0.667 bits per heavy atom. The molecule has 0 saturated carbocycles. The summed E-state index contributed by atoms with van der Waals surface area (Å²) in [5, 5.41) is 7.63. The topological polar surface area (TPSA) is 24.1 Å². The van der Waals surface area contributed by atoms with Gasteiger partial charge in [0.25, 0.3) is 0 Å². The van der Waals surface area contributed by atoms with E-state index in [1.165, 1.54) is 0 Å². The molecule has 0 radical (unpaired) electrons. The second kappa shape index (κ2) is 6.38. The first-order valence-electron chi connectivity index (χ1n) is 7.55. The lowest BCUT2D eigenvalue weighted by Crippen LogP contribution is -2.63. The predicted octanol–water partition coefficient (Wildman–Crippen LogP) is 4.31. The number of nitrogens with one attached hydrogen (secondary N) is 2. The summed E-state index contributed by atoms with van der Waals surface area (Å²) in [6, 6.07) is 0. The Morgan fingerprint density at radius 2 is 1.00 bits per heavy atom. The summed E-state index contributed by atoms with van der Waals surface area (Å²) in [6.45, 7) is 20.6. The molecule has 0 aromatic carbocycles. The molecular formula is C16H36N2. The maximum atomic E-state index is 3.81. The van der Waals surface area contributed by atoms with Gasteiger partial charge in [-0.25, -0.2) is 0 Å². The third kappa shape index (κ3) is 5.71. The molecule has 0 saturated heterocycles. The van der Waals surface area contributed by atoms with Crippen molar-refractivity contribution in [2.24, 2.45) is 5.41 Å². The van der Waals surface area contributed by atoms with Gasteiger partial charge in [0, 0.05) is 11.1 Å². The summed E-state index contributed by atoms with van der Waals surface area (Å²) < 4.78 is 0. The fourth-order valence-corrected chi connectivity index (χ4v) is 1.62. The molecule has 0 aromatic heterocycles. The van der Waals surface area contributed by atoms with Crippen LogP contribution in [0, 0.1) is 5.41 Å². The monoisotopic (exact) mass is 256 g/mol. The van der Waals surface area contributed by atoms with E-state index in [2.05, 4.69) is 72.9 Å². The van der Waals surface area contributed by atoms with Gasteiger partial charge in [0.1, 0.15) is 0 Å². The van der Waals surface area contributed by atoms with Crippen LogP contribution in [0.15, 0.2) is 0 Å². The zero-order chi connectivity index (χ0) is 14.6. The van der Waals surface area contributed by atoms with Gasteiger partial charge in [-0.1, -0.05) is 34.6 Å². The predicted molar refractivity (Wildman–Crippen MR) is 82.9 cm³/mol. The fraction of sp³-hybridized carbons (Fsp3) is 1.00. The van der Waals surface area contributed by atoms with Gasteiger partial charge in [0.2, 0.25) is 0 Å². The van der Waals surface area contributed by atoms with Crippen LogP contribution in [-0.4, -0.2) is 17.2 Å². The molecule has 0 bridgehead atoms. The standard InChI is InChI=1S/C16H36N2/c1-10-14(4,5)13(17-15(6,7)11-2)18-16(8,9)12-3/h13,17-18H,10-12H2,1-9H3. The smallest absolute Gasteiger partial charge is 0.0632 e. The van der Waals surface area contributed by atoms with E-state index in [9.17, 15) is 0 Å². The van der Waals surface area contributed by atoms with Gasteiger partial charge in [0.05, 0.1) is 6.17 Å². The molecule has 2 heteroatoms. The van der Waals surface area contributed by atoms with E-state index in [1.54, 1.807) is 0 Å². The molecule has 0 atom stereocenters. The van der Waals surface area contributed by atoms with Crippen LogP contribution < -0.4 is 10.6 Å². The van der Waals surface area contributed by atoms with Crippen molar-refractivity contribution >= 4 is 0 Å². The van der Waals surface area contributed by atoms with E-state index in [1.807, 2.05) is 0 Å². The zero-order valence-electron chi connectivity index (χ0n) is 14.2. The molecule has 110 valence electrons. The van der Waals surface area contributed by atoms with Gasteiger partial charge in [0.15, 0.2) is 0 Å². The lowest BCUT2D eigenvalue weighted by molar-refractivity contribution is 0.119. The lowest BCUT2D eigenvalue weighted by Gasteiger charge is -2.44. The molecule has 0 aliphatic heterocycles. The molecule has 0 heterocycles. The van der Waals surface area contributed by atoms with Gasteiger partial charge in [-0.05, 0) is 52.4 Å². The molecule has 0 unspecified atom stereocenters. The molecule has 2 N–H and O–H groups in total. The van der Waals surface area contributed by atoms with E-state index in [0.29, 0.717) is 6.17 Å². The van der Waals surface area contributed by atoms with Crippen LogP contribution >= 0.6 is 0 Å². The van der Waals surface area contributed by atoms with E-state index in [-0.39, 0.29) is 16.5 Å². The Hall–Kier alpha value is -0.0800. The Balaban J connectivity index is 4.97. The first-order chi connectivity index (χ1) is 7.99. The van der Waals surface area contributed by atoms with Crippen molar-refractivity contribution in [1.82, 2.24) is 10.6 Å². The highest BCUT2D eigenvalue weighted by atomic mass is 15.2. The fourth-order valence-electron chi connectivity index (χ4n) is 1.62. The minimum absolute atomic E-state index is 0.175. The second-order valence-corrected chi connectivity index (χ2v) is 7.54. The average molecular weight is 256 g/mol. The highest BCUT2D eigenvalue weighted by molar-refractivity contribution is 4.92. The second-order valence-electron chi connectivity index (χ2n) is 7.54. The summed E-state index contributed by atoms with van der Waals surface area (Å²) in [4.78, 5) is 0. The molecule has 0 aliphatic carbocycles. The Bertz CT molecular complexity index is 223. The summed E-state index contributed by atoms with van der Waals surface area (Å²) in [5.41, 5.74) is 0.598. The van der Waals surface area contributed by atoms with E-state index in [0.717, 1.165) is 19.3 Å². The van der Waals surface area contributed by atoms with Crippen molar-refractivity contribution in [3.63, 3.8) is 0 Å². The highest BCUT2D eigenvalue weighted by Crippen LogP contribution is 2.27. The van der Waals surface area contributed by atoms with Crippen molar-refractivity contribution in [1.29, 1.82) is 0 Å². The van der Waals surface area contributed by atoms with Crippen LogP contribution in [-0.2, 0) is 0 Å². The minimum atomic E-state index is 0.175. The Morgan fingerprint density at radius 3 is 1.22 bits per heavy atom. The Kier molecular flexibility index (Phi) is 6.35.